The molecule has 0 aliphatic rings. The van der Waals surface area contributed by atoms with Crippen LogP contribution in [0.1, 0.15) is 29.4 Å². The number of benzene rings is 1. The van der Waals surface area contributed by atoms with E-state index in [0.29, 0.717) is 5.69 Å². The van der Waals surface area contributed by atoms with Gasteiger partial charge < -0.3 is 9.67 Å². The zero-order valence-electron chi connectivity index (χ0n) is 9.53. The molecule has 2 aromatic rings. The highest BCUT2D eigenvalue weighted by atomic mass is 16.4. The van der Waals surface area contributed by atoms with Gasteiger partial charge in [0.15, 0.2) is 0 Å². The van der Waals surface area contributed by atoms with Gasteiger partial charge in [0.25, 0.3) is 0 Å². The second-order valence-corrected chi connectivity index (χ2v) is 4.05. The molecule has 0 aliphatic heterocycles. The van der Waals surface area contributed by atoms with Crippen molar-refractivity contribution in [1.29, 1.82) is 0 Å². The SMILES string of the molecule is CCCn1c(C(=O)O)cc2cc(C)ccc21. The summed E-state index contributed by atoms with van der Waals surface area (Å²) >= 11 is 0. The van der Waals surface area contributed by atoms with Crippen LogP contribution < -0.4 is 0 Å². The van der Waals surface area contributed by atoms with Gasteiger partial charge in [-0.15, -0.1) is 0 Å². The predicted octanol–water partition coefficient (Wildman–Crippen LogP) is 3.06. The first-order valence-electron chi connectivity index (χ1n) is 5.46. The summed E-state index contributed by atoms with van der Waals surface area (Å²) in [6.45, 7) is 4.80. The van der Waals surface area contributed by atoms with Crippen LogP contribution in [0.25, 0.3) is 10.9 Å². The van der Waals surface area contributed by atoms with Crippen molar-refractivity contribution in [2.45, 2.75) is 26.8 Å². The molecule has 2 rings (SSSR count). The first kappa shape index (κ1) is 10.7. The number of carboxylic acids is 1. The molecular formula is C13H15NO2. The molecule has 1 aromatic carbocycles. The quantitative estimate of drug-likeness (QED) is 0.858. The number of aromatic nitrogens is 1. The van der Waals surface area contributed by atoms with Gasteiger partial charge in [-0.05, 0) is 31.5 Å². The Morgan fingerprint density at radius 1 is 1.38 bits per heavy atom. The van der Waals surface area contributed by atoms with E-state index >= 15 is 0 Å². The van der Waals surface area contributed by atoms with Gasteiger partial charge in [-0.1, -0.05) is 18.6 Å². The third-order valence-corrected chi connectivity index (χ3v) is 2.72. The highest BCUT2D eigenvalue weighted by Gasteiger charge is 2.13. The third kappa shape index (κ3) is 1.69. The fraction of sp³-hybridized carbons (Fsp3) is 0.308. The lowest BCUT2D eigenvalue weighted by atomic mass is 10.2. The number of carbonyl (C=O) groups is 1. The summed E-state index contributed by atoms with van der Waals surface area (Å²) in [4.78, 5) is 11.1. The summed E-state index contributed by atoms with van der Waals surface area (Å²) in [6, 6.07) is 7.78. The van der Waals surface area contributed by atoms with Crippen molar-refractivity contribution in [1.82, 2.24) is 4.57 Å². The summed E-state index contributed by atoms with van der Waals surface area (Å²) in [5.41, 5.74) is 2.53. The zero-order chi connectivity index (χ0) is 11.7. The molecule has 0 spiro atoms. The Morgan fingerprint density at radius 2 is 2.12 bits per heavy atom. The maximum absolute atomic E-state index is 11.1. The average molecular weight is 217 g/mol. The Hall–Kier alpha value is -1.77. The lowest BCUT2D eigenvalue weighted by molar-refractivity contribution is 0.0685. The molecule has 0 fully saturated rings. The van der Waals surface area contributed by atoms with E-state index < -0.39 is 5.97 Å². The molecule has 1 N–H and O–H groups in total. The molecule has 0 amide bonds. The minimum Gasteiger partial charge on any atom is -0.477 e. The van der Waals surface area contributed by atoms with Crippen molar-refractivity contribution in [2.24, 2.45) is 0 Å². The Labute approximate surface area is 94.3 Å². The molecule has 3 nitrogen and oxygen atoms in total. The van der Waals surface area contributed by atoms with Gasteiger partial charge >= 0.3 is 5.97 Å². The number of rotatable bonds is 3. The molecular weight excluding hydrogens is 202 g/mol. The predicted molar refractivity (Wildman–Crippen MR) is 63.9 cm³/mol. The van der Waals surface area contributed by atoms with E-state index in [9.17, 15) is 4.79 Å². The number of fused-ring (bicyclic) bond motifs is 1. The van der Waals surface area contributed by atoms with Gasteiger partial charge in [-0.3, -0.25) is 0 Å². The van der Waals surface area contributed by atoms with E-state index in [-0.39, 0.29) is 0 Å². The minimum atomic E-state index is -0.859. The molecule has 0 radical (unpaired) electrons. The molecule has 0 bridgehead atoms. The number of carboxylic acid groups (broad SMARTS) is 1. The average Bonchev–Trinajstić information content (AvgIpc) is 2.57. The fourth-order valence-electron chi connectivity index (χ4n) is 2.03. The maximum Gasteiger partial charge on any atom is 0.352 e. The van der Waals surface area contributed by atoms with Crippen LogP contribution in [0.3, 0.4) is 0 Å². The van der Waals surface area contributed by atoms with Crippen LogP contribution in [0.2, 0.25) is 0 Å². The number of aryl methyl sites for hydroxylation is 2. The van der Waals surface area contributed by atoms with E-state index in [1.54, 1.807) is 6.07 Å². The van der Waals surface area contributed by atoms with Crippen molar-refractivity contribution in [3.05, 3.63) is 35.5 Å². The van der Waals surface area contributed by atoms with Crippen LogP contribution in [0.5, 0.6) is 0 Å². The number of aromatic carboxylic acids is 1. The second kappa shape index (κ2) is 4.00. The van der Waals surface area contributed by atoms with E-state index in [1.165, 1.54) is 0 Å². The van der Waals surface area contributed by atoms with Crippen LogP contribution in [0.15, 0.2) is 24.3 Å². The van der Waals surface area contributed by atoms with Gasteiger partial charge in [-0.2, -0.15) is 0 Å². The summed E-state index contributed by atoms with van der Waals surface area (Å²) in [7, 11) is 0. The third-order valence-electron chi connectivity index (χ3n) is 2.72. The lowest BCUT2D eigenvalue weighted by Gasteiger charge is -2.06. The topological polar surface area (TPSA) is 42.2 Å². The van der Waals surface area contributed by atoms with Crippen LogP contribution in [-0.4, -0.2) is 15.6 Å². The first-order chi connectivity index (χ1) is 7.63. The number of hydrogen-bond donors (Lipinski definition) is 1. The van der Waals surface area contributed by atoms with E-state index in [2.05, 4.69) is 0 Å². The lowest BCUT2D eigenvalue weighted by Crippen LogP contribution is -2.07. The first-order valence-corrected chi connectivity index (χ1v) is 5.46. The molecule has 0 aliphatic carbocycles. The monoisotopic (exact) mass is 217 g/mol. The molecule has 1 aromatic heterocycles. The van der Waals surface area contributed by atoms with Gasteiger partial charge in [0.05, 0.1) is 0 Å². The second-order valence-electron chi connectivity index (χ2n) is 4.05. The minimum absolute atomic E-state index is 0.377. The van der Waals surface area contributed by atoms with Crippen molar-refractivity contribution >= 4 is 16.9 Å². The molecule has 84 valence electrons. The Balaban J connectivity index is 2.70. The molecule has 16 heavy (non-hydrogen) atoms. The van der Waals surface area contributed by atoms with E-state index in [4.69, 9.17) is 5.11 Å². The van der Waals surface area contributed by atoms with Crippen molar-refractivity contribution < 1.29 is 9.90 Å². The van der Waals surface area contributed by atoms with Gasteiger partial charge in [0.2, 0.25) is 0 Å². The summed E-state index contributed by atoms with van der Waals surface area (Å²) in [5.74, 6) is -0.859. The molecule has 1 heterocycles. The summed E-state index contributed by atoms with van der Waals surface area (Å²) in [5, 5.41) is 10.1. The zero-order valence-corrected chi connectivity index (χ0v) is 9.53. The van der Waals surface area contributed by atoms with Crippen LogP contribution in [0, 0.1) is 6.92 Å². The fourth-order valence-corrected chi connectivity index (χ4v) is 2.03. The maximum atomic E-state index is 11.1. The van der Waals surface area contributed by atoms with Crippen LogP contribution >= 0.6 is 0 Å². The Morgan fingerprint density at radius 3 is 2.75 bits per heavy atom. The summed E-state index contributed by atoms with van der Waals surface area (Å²) in [6.07, 6.45) is 0.929. The largest absolute Gasteiger partial charge is 0.477 e. The molecule has 0 saturated carbocycles. The van der Waals surface area contributed by atoms with Crippen molar-refractivity contribution in [3.8, 4) is 0 Å². The molecule has 0 atom stereocenters. The highest BCUT2D eigenvalue weighted by Crippen LogP contribution is 2.21. The van der Waals surface area contributed by atoms with E-state index in [1.807, 2.05) is 36.6 Å². The van der Waals surface area contributed by atoms with Crippen LogP contribution in [0.4, 0.5) is 0 Å². The highest BCUT2D eigenvalue weighted by molar-refractivity contribution is 5.94. The van der Waals surface area contributed by atoms with E-state index in [0.717, 1.165) is 29.4 Å². The smallest absolute Gasteiger partial charge is 0.352 e. The Kier molecular flexibility index (Phi) is 2.69. The van der Waals surface area contributed by atoms with Gasteiger partial charge in [0, 0.05) is 17.4 Å². The number of nitrogens with zero attached hydrogens (tertiary/aromatic N) is 1. The van der Waals surface area contributed by atoms with Gasteiger partial charge in [0.1, 0.15) is 5.69 Å². The van der Waals surface area contributed by atoms with Crippen LogP contribution in [-0.2, 0) is 6.54 Å². The summed E-state index contributed by atoms with van der Waals surface area (Å²) < 4.78 is 1.87. The normalized spacial score (nSPS) is 10.9. The Bertz CT molecular complexity index is 540. The van der Waals surface area contributed by atoms with Crippen molar-refractivity contribution in [3.63, 3.8) is 0 Å². The molecule has 3 heteroatoms. The van der Waals surface area contributed by atoms with Gasteiger partial charge in [-0.25, -0.2) is 4.79 Å². The number of hydrogen-bond acceptors (Lipinski definition) is 1. The standard InChI is InChI=1S/C13H15NO2/c1-3-6-14-11-5-4-9(2)7-10(11)8-12(14)13(15)16/h4-5,7-8H,3,6H2,1-2H3,(H,15,16). The molecule has 0 saturated heterocycles. The van der Waals surface area contributed by atoms with Crippen molar-refractivity contribution in [2.75, 3.05) is 0 Å². The molecule has 0 unspecified atom stereocenters.